The van der Waals surface area contributed by atoms with Gasteiger partial charge in [0.25, 0.3) is 5.91 Å². The van der Waals surface area contributed by atoms with Crippen molar-refractivity contribution in [2.24, 2.45) is 5.92 Å². The topological polar surface area (TPSA) is 94.1 Å². The van der Waals surface area contributed by atoms with Crippen LogP contribution < -0.4 is 16.0 Å². The van der Waals surface area contributed by atoms with E-state index in [1.807, 2.05) is 36.4 Å². The van der Waals surface area contributed by atoms with E-state index >= 15 is 0 Å². The Labute approximate surface area is 222 Å². The van der Waals surface area contributed by atoms with Crippen molar-refractivity contribution in [1.82, 2.24) is 5.32 Å². The fourth-order valence-corrected chi connectivity index (χ4v) is 5.39. The van der Waals surface area contributed by atoms with Crippen LogP contribution in [0.5, 0.6) is 0 Å². The lowest BCUT2D eigenvalue weighted by Crippen LogP contribution is -2.61. The van der Waals surface area contributed by atoms with Gasteiger partial charge in [-0.3, -0.25) is 9.59 Å². The van der Waals surface area contributed by atoms with E-state index in [0.29, 0.717) is 30.0 Å². The van der Waals surface area contributed by atoms with Crippen molar-refractivity contribution in [2.75, 3.05) is 10.6 Å². The third kappa shape index (κ3) is 5.62. The molecule has 2 fully saturated rings. The van der Waals surface area contributed by atoms with Crippen molar-refractivity contribution in [3.63, 3.8) is 0 Å². The number of hydrogen-bond donors (Lipinski definition) is 4. The van der Waals surface area contributed by atoms with Gasteiger partial charge in [0.05, 0.1) is 5.71 Å². The van der Waals surface area contributed by atoms with Crippen LogP contribution in [-0.2, 0) is 9.59 Å². The third-order valence-corrected chi connectivity index (χ3v) is 7.73. The number of nitrogens with one attached hydrogen (secondary N) is 4. The summed E-state index contributed by atoms with van der Waals surface area (Å²) in [6.45, 7) is 0. The number of benzene rings is 2. The molecule has 2 amide bonds. The molecule has 38 heavy (non-hydrogen) atoms. The molecule has 5 rings (SSSR count). The average Bonchev–Trinajstić information content (AvgIpc) is 2.91. The van der Waals surface area contributed by atoms with Crippen LogP contribution in [0.25, 0.3) is 0 Å². The lowest BCUT2D eigenvalue weighted by atomic mass is 9.75. The van der Waals surface area contributed by atoms with Crippen molar-refractivity contribution < 1.29 is 14.0 Å². The molecule has 0 saturated heterocycles. The van der Waals surface area contributed by atoms with E-state index < -0.39 is 5.54 Å². The second-order valence-corrected chi connectivity index (χ2v) is 10.4. The van der Waals surface area contributed by atoms with E-state index in [4.69, 9.17) is 5.41 Å². The maximum absolute atomic E-state index is 13.2. The third-order valence-electron chi connectivity index (χ3n) is 7.73. The van der Waals surface area contributed by atoms with Gasteiger partial charge in [-0.2, -0.15) is 0 Å². The number of anilines is 2. The predicted octanol–water partition coefficient (Wildman–Crippen LogP) is 6.27. The smallest absolute Gasteiger partial charge is 0.252 e. The van der Waals surface area contributed by atoms with E-state index in [1.54, 1.807) is 12.2 Å². The fourth-order valence-electron chi connectivity index (χ4n) is 5.39. The molecule has 0 bridgehead atoms. The van der Waals surface area contributed by atoms with Gasteiger partial charge in [-0.25, -0.2) is 4.39 Å². The molecule has 4 N–H and O–H groups in total. The summed E-state index contributed by atoms with van der Waals surface area (Å²) < 4.78 is 13.2. The molecule has 7 heteroatoms. The molecule has 2 saturated carbocycles. The SMILES string of the molecule is N=C1C=C(C(=O)NC2(C(=O)Nc3ccc(F)cc3)CCC2)C=C/C1=C(/Nc1ccccc1)C1CCCCC1. The molecule has 0 spiro atoms. The minimum atomic E-state index is -1.01. The Bertz CT molecular complexity index is 1300. The molecule has 0 aliphatic heterocycles. The first-order chi connectivity index (χ1) is 18.4. The van der Waals surface area contributed by atoms with Crippen LogP contribution in [0.2, 0.25) is 0 Å². The number of carbonyl (C=O) groups is 2. The Balaban J connectivity index is 1.32. The van der Waals surface area contributed by atoms with Gasteiger partial charge in [0.2, 0.25) is 5.91 Å². The van der Waals surface area contributed by atoms with Crippen molar-refractivity contribution in [3.05, 3.63) is 95.5 Å². The van der Waals surface area contributed by atoms with Crippen LogP contribution in [0.1, 0.15) is 51.4 Å². The molecule has 2 aromatic carbocycles. The number of amides is 2. The first-order valence-corrected chi connectivity index (χ1v) is 13.4. The highest BCUT2D eigenvalue weighted by Crippen LogP contribution is 2.35. The van der Waals surface area contributed by atoms with Crippen LogP contribution in [0.4, 0.5) is 15.8 Å². The highest BCUT2D eigenvalue weighted by atomic mass is 19.1. The Morgan fingerprint density at radius 2 is 1.53 bits per heavy atom. The number of hydrogen-bond acceptors (Lipinski definition) is 4. The monoisotopic (exact) mass is 512 g/mol. The van der Waals surface area contributed by atoms with E-state index in [2.05, 4.69) is 16.0 Å². The zero-order chi connectivity index (χ0) is 26.5. The van der Waals surface area contributed by atoms with E-state index in [9.17, 15) is 14.0 Å². The Hall–Kier alpha value is -4.00. The quantitative estimate of drug-likeness (QED) is 0.352. The largest absolute Gasteiger partial charge is 0.358 e. The molecule has 0 heterocycles. The summed E-state index contributed by atoms with van der Waals surface area (Å²) in [5.41, 5.74) is 2.90. The van der Waals surface area contributed by atoms with Gasteiger partial charge >= 0.3 is 0 Å². The lowest BCUT2D eigenvalue weighted by molar-refractivity contribution is -0.131. The summed E-state index contributed by atoms with van der Waals surface area (Å²) in [4.78, 5) is 26.3. The van der Waals surface area contributed by atoms with Gasteiger partial charge in [0, 0.05) is 28.2 Å². The van der Waals surface area contributed by atoms with Gasteiger partial charge in [-0.15, -0.1) is 0 Å². The van der Waals surface area contributed by atoms with Crippen molar-refractivity contribution >= 4 is 28.9 Å². The maximum atomic E-state index is 13.2. The fraction of sp³-hybridized carbons (Fsp3) is 0.323. The zero-order valence-electron chi connectivity index (χ0n) is 21.4. The Kier molecular flexibility index (Phi) is 7.54. The van der Waals surface area contributed by atoms with Crippen molar-refractivity contribution in [1.29, 1.82) is 5.41 Å². The van der Waals surface area contributed by atoms with Crippen LogP contribution >= 0.6 is 0 Å². The molecule has 0 unspecified atom stereocenters. The lowest BCUT2D eigenvalue weighted by Gasteiger charge is -2.41. The number of para-hydroxylation sites is 1. The summed E-state index contributed by atoms with van der Waals surface area (Å²) in [5, 5.41) is 18.1. The average molecular weight is 513 g/mol. The number of carbonyl (C=O) groups excluding carboxylic acids is 2. The Morgan fingerprint density at radius 3 is 2.16 bits per heavy atom. The van der Waals surface area contributed by atoms with E-state index in [0.717, 1.165) is 36.2 Å². The van der Waals surface area contributed by atoms with Gasteiger partial charge in [0.15, 0.2) is 0 Å². The van der Waals surface area contributed by atoms with Gasteiger partial charge < -0.3 is 21.4 Å². The molecule has 0 aromatic heterocycles. The molecule has 3 aliphatic carbocycles. The van der Waals surface area contributed by atoms with Crippen LogP contribution in [0, 0.1) is 17.1 Å². The first-order valence-electron chi connectivity index (χ1n) is 13.4. The molecule has 3 aliphatic rings. The zero-order valence-corrected chi connectivity index (χ0v) is 21.4. The maximum Gasteiger partial charge on any atom is 0.252 e. The second kappa shape index (κ2) is 11.2. The van der Waals surface area contributed by atoms with Crippen LogP contribution in [0.15, 0.2) is 89.7 Å². The molecular formula is C31H33FN4O2. The number of allylic oxidation sites excluding steroid dienone is 4. The standard InChI is InChI=1S/C31H33FN4O2/c32-23-13-15-25(16-14-23)35-30(38)31(18-7-19-31)36-29(37)22-12-17-26(27(33)20-22)28(21-8-3-1-4-9-21)34-24-10-5-2-6-11-24/h2,5-6,10-17,20-21,33-34H,1,3-4,7-9,18-19H2,(H,35,38)(H,36,37)/b28-26-,33-27?. The van der Waals surface area contributed by atoms with Crippen molar-refractivity contribution in [3.8, 4) is 0 Å². The highest BCUT2D eigenvalue weighted by Gasteiger charge is 2.45. The van der Waals surface area contributed by atoms with Gasteiger partial charge in [-0.05, 0) is 86.6 Å². The summed E-state index contributed by atoms with van der Waals surface area (Å²) in [6.07, 6.45) is 12.8. The molecular weight excluding hydrogens is 479 g/mol. The summed E-state index contributed by atoms with van der Waals surface area (Å²) in [6, 6.07) is 15.5. The minimum absolute atomic E-state index is 0.278. The molecule has 0 atom stereocenters. The van der Waals surface area contributed by atoms with Gasteiger partial charge in [-0.1, -0.05) is 43.5 Å². The molecule has 2 aromatic rings. The summed E-state index contributed by atoms with van der Waals surface area (Å²) >= 11 is 0. The second-order valence-electron chi connectivity index (χ2n) is 10.4. The molecule has 0 radical (unpaired) electrons. The predicted molar refractivity (Wildman–Crippen MR) is 148 cm³/mol. The van der Waals surface area contributed by atoms with E-state index in [-0.39, 0.29) is 23.3 Å². The number of rotatable bonds is 7. The summed E-state index contributed by atoms with van der Waals surface area (Å²) in [5.74, 6) is -0.742. The minimum Gasteiger partial charge on any atom is -0.358 e. The van der Waals surface area contributed by atoms with E-state index in [1.165, 1.54) is 43.5 Å². The molecule has 6 nitrogen and oxygen atoms in total. The van der Waals surface area contributed by atoms with Crippen LogP contribution in [0.3, 0.4) is 0 Å². The number of halogens is 1. The van der Waals surface area contributed by atoms with Crippen molar-refractivity contribution in [2.45, 2.75) is 56.9 Å². The van der Waals surface area contributed by atoms with Gasteiger partial charge in [0.1, 0.15) is 11.4 Å². The summed E-state index contributed by atoms with van der Waals surface area (Å²) in [7, 11) is 0. The Morgan fingerprint density at radius 1 is 0.842 bits per heavy atom. The highest BCUT2D eigenvalue weighted by molar-refractivity contribution is 6.16. The first kappa shape index (κ1) is 25.6. The van der Waals surface area contributed by atoms with Crippen LogP contribution in [-0.4, -0.2) is 23.1 Å². The molecule has 196 valence electrons. The normalized spacial score (nSPS) is 20.1.